The Hall–Kier alpha value is -3.64. The molecule has 0 radical (unpaired) electrons. The van der Waals surface area contributed by atoms with Gasteiger partial charge in [0.1, 0.15) is 12.4 Å². The molecule has 0 heterocycles. The summed E-state index contributed by atoms with van der Waals surface area (Å²) in [6.45, 7) is 0.236. The lowest BCUT2D eigenvalue weighted by Crippen LogP contribution is -2.43. The quantitative estimate of drug-likeness (QED) is 0.229. The second-order valence-electron chi connectivity index (χ2n) is 7.70. The van der Waals surface area contributed by atoms with Crippen LogP contribution in [0.25, 0.3) is 0 Å². The van der Waals surface area contributed by atoms with E-state index in [2.05, 4.69) is 10.5 Å². The number of rotatable bonds is 8. The number of nitrogens with one attached hydrogen (secondary N) is 1. The Morgan fingerprint density at radius 2 is 1.37 bits per heavy atom. The first-order valence-corrected chi connectivity index (χ1v) is 11.6. The summed E-state index contributed by atoms with van der Waals surface area (Å²) in [5.74, 6) is -0.0348. The molecular weight excluding hydrogens is 483 g/mol. The molecule has 7 heteroatoms. The zero-order valence-electron chi connectivity index (χ0n) is 18.6. The first-order valence-electron chi connectivity index (χ1n) is 10.8. The van der Waals surface area contributed by atoms with Crippen molar-refractivity contribution < 1.29 is 14.6 Å². The van der Waals surface area contributed by atoms with Crippen LogP contribution in [0.15, 0.2) is 108 Å². The molecule has 0 unspecified atom stereocenters. The average molecular weight is 505 g/mol. The summed E-state index contributed by atoms with van der Waals surface area (Å²) in [6, 6.07) is 29.9. The summed E-state index contributed by atoms with van der Waals surface area (Å²) in [7, 11) is 0. The van der Waals surface area contributed by atoms with Gasteiger partial charge in [0, 0.05) is 15.6 Å². The summed E-state index contributed by atoms with van der Waals surface area (Å²) in [5.41, 5.74) is 2.91. The third-order valence-electron chi connectivity index (χ3n) is 5.42. The van der Waals surface area contributed by atoms with Crippen molar-refractivity contribution in [3.63, 3.8) is 0 Å². The Bertz CT molecular complexity index is 1250. The number of hydrogen-bond donors (Lipinski definition) is 2. The summed E-state index contributed by atoms with van der Waals surface area (Å²) >= 11 is 12.4. The Kier molecular flexibility index (Phi) is 7.83. The molecule has 4 rings (SSSR count). The number of ether oxygens (including phenoxy) is 1. The van der Waals surface area contributed by atoms with Crippen molar-refractivity contribution in [3.8, 4) is 5.75 Å². The molecule has 0 saturated heterocycles. The van der Waals surface area contributed by atoms with E-state index in [9.17, 15) is 9.90 Å². The first-order chi connectivity index (χ1) is 17.0. The van der Waals surface area contributed by atoms with E-state index in [-0.39, 0.29) is 6.61 Å². The Balaban J connectivity index is 1.43. The second-order valence-corrected chi connectivity index (χ2v) is 8.51. The second kappa shape index (κ2) is 11.2. The predicted molar refractivity (Wildman–Crippen MR) is 139 cm³/mol. The number of halogens is 2. The Morgan fingerprint density at radius 1 is 0.829 bits per heavy atom. The molecule has 0 aliphatic rings. The number of carbonyl (C=O) groups excluding carboxylic acids is 1. The van der Waals surface area contributed by atoms with Crippen molar-refractivity contribution in [1.82, 2.24) is 5.43 Å². The van der Waals surface area contributed by atoms with Crippen molar-refractivity contribution in [2.24, 2.45) is 5.10 Å². The van der Waals surface area contributed by atoms with E-state index in [1.54, 1.807) is 91.0 Å². The maximum absolute atomic E-state index is 13.1. The molecule has 35 heavy (non-hydrogen) atoms. The van der Waals surface area contributed by atoms with Crippen LogP contribution in [0.1, 0.15) is 22.3 Å². The van der Waals surface area contributed by atoms with E-state index in [1.165, 1.54) is 6.21 Å². The monoisotopic (exact) mass is 504 g/mol. The van der Waals surface area contributed by atoms with Crippen LogP contribution in [0.3, 0.4) is 0 Å². The fraction of sp³-hybridized carbons (Fsp3) is 0.0714. The SMILES string of the molecule is O=C(N/N=C\c1ccc(OCc2c(Cl)cccc2Cl)cc1)C(O)(c1ccccc1)c1ccccc1. The number of benzene rings is 4. The van der Waals surface area contributed by atoms with Gasteiger partial charge in [0.05, 0.1) is 6.21 Å². The van der Waals surface area contributed by atoms with Gasteiger partial charge in [-0.05, 0) is 53.1 Å². The van der Waals surface area contributed by atoms with Crippen LogP contribution in [-0.4, -0.2) is 17.2 Å². The van der Waals surface area contributed by atoms with E-state index in [1.807, 2.05) is 12.1 Å². The van der Waals surface area contributed by atoms with Gasteiger partial charge in [-0.3, -0.25) is 4.79 Å². The molecule has 0 atom stereocenters. The van der Waals surface area contributed by atoms with Crippen LogP contribution in [0.4, 0.5) is 0 Å². The lowest BCUT2D eigenvalue weighted by molar-refractivity contribution is -0.136. The van der Waals surface area contributed by atoms with Crippen LogP contribution < -0.4 is 10.2 Å². The number of carbonyl (C=O) groups is 1. The Morgan fingerprint density at radius 3 is 1.91 bits per heavy atom. The fourth-order valence-electron chi connectivity index (χ4n) is 3.51. The van der Waals surface area contributed by atoms with Crippen LogP contribution in [0, 0.1) is 0 Å². The minimum Gasteiger partial charge on any atom is -0.489 e. The fourth-order valence-corrected chi connectivity index (χ4v) is 4.02. The maximum atomic E-state index is 13.1. The van der Waals surface area contributed by atoms with Gasteiger partial charge >= 0.3 is 0 Å². The minimum absolute atomic E-state index is 0.236. The third-order valence-corrected chi connectivity index (χ3v) is 6.12. The van der Waals surface area contributed by atoms with Gasteiger partial charge in [-0.2, -0.15) is 5.10 Å². The molecule has 0 fully saturated rings. The molecular formula is C28H22Cl2N2O3. The van der Waals surface area contributed by atoms with Gasteiger partial charge in [-0.15, -0.1) is 0 Å². The van der Waals surface area contributed by atoms with Gasteiger partial charge in [0.25, 0.3) is 5.91 Å². The molecule has 4 aromatic carbocycles. The number of aliphatic hydroxyl groups is 1. The average Bonchev–Trinajstić information content (AvgIpc) is 2.89. The maximum Gasteiger partial charge on any atom is 0.281 e. The lowest BCUT2D eigenvalue weighted by Gasteiger charge is -2.27. The summed E-state index contributed by atoms with van der Waals surface area (Å²) in [5, 5.41) is 16.6. The van der Waals surface area contributed by atoms with Gasteiger partial charge in [0.2, 0.25) is 0 Å². The molecule has 0 aliphatic carbocycles. The van der Waals surface area contributed by atoms with Gasteiger partial charge in [-0.25, -0.2) is 5.43 Å². The van der Waals surface area contributed by atoms with Crippen molar-refractivity contribution in [1.29, 1.82) is 0 Å². The van der Waals surface area contributed by atoms with Crippen LogP contribution >= 0.6 is 23.2 Å². The molecule has 0 aliphatic heterocycles. The minimum atomic E-state index is -1.89. The van der Waals surface area contributed by atoms with Crippen molar-refractivity contribution in [2.75, 3.05) is 0 Å². The van der Waals surface area contributed by atoms with Crippen LogP contribution in [0.2, 0.25) is 10.0 Å². The molecule has 0 spiro atoms. The molecule has 5 nitrogen and oxygen atoms in total. The molecule has 4 aromatic rings. The highest BCUT2D eigenvalue weighted by Crippen LogP contribution is 2.30. The zero-order chi connectivity index (χ0) is 24.7. The molecule has 0 aromatic heterocycles. The highest BCUT2D eigenvalue weighted by Gasteiger charge is 2.39. The molecule has 176 valence electrons. The van der Waals surface area contributed by atoms with E-state index >= 15 is 0 Å². The van der Waals surface area contributed by atoms with Gasteiger partial charge < -0.3 is 9.84 Å². The largest absolute Gasteiger partial charge is 0.489 e. The number of hydrogen-bond acceptors (Lipinski definition) is 4. The van der Waals surface area contributed by atoms with E-state index in [0.717, 1.165) is 5.56 Å². The normalized spacial score (nSPS) is 11.4. The molecule has 1 amide bonds. The van der Waals surface area contributed by atoms with E-state index < -0.39 is 11.5 Å². The smallest absolute Gasteiger partial charge is 0.281 e. The molecule has 0 bridgehead atoms. The highest BCUT2D eigenvalue weighted by molar-refractivity contribution is 6.35. The summed E-state index contributed by atoms with van der Waals surface area (Å²) in [6.07, 6.45) is 1.49. The lowest BCUT2D eigenvalue weighted by atomic mass is 9.85. The molecule has 0 saturated carbocycles. The van der Waals surface area contributed by atoms with Crippen LogP contribution in [0.5, 0.6) is 5.75 Å². The summed E-state index contributed by atoms with van der Waals surface area (Å²) < 4.78 is 5.78. The third kappa shape index (κ3) is 5.72. The van der Waals surface area contributed by atoms with Crippen molar-refractivity contribution >= 4 is 35.3 Å². The number of nitrogens with zero attached hydrogens (tertiary/aromatic N) is 1. The van der Waals surface area contributed by atoms with E-state index in [0.29, 0.717) is 32.5 Å². The van der Waals surface area contributed by atoms with Gasteiger partial charge in [-0.1, -0.05) is 89.9 Å². The number of hydrazone groups is 1. The highest BCUT2D eigenvalue weighted by atomic mass is 35.5. The number of amides is 1. The van der Waals surface area contributed by atoms with Crippen LogP contribution in [-0.2, 0) is 17.0 Å². The zero-order valence-corrected chi connectivity index (χ0v) is 20.1. The standard InChI is InChI=1S/C28H22Cl2N2O3/c29-25-12-7-13-26(30)24(25)19-35-23-16-14-20(15-17-23)18-31-32-27(33)28(34,21-8-3-1-4-9-21)22-10-5-2-6-11-22/h1-18,34H,19H2,(H,32,33)/b31-18-. The van der Waals surface area contributed by atoms with E-state index in [4.69, 9.17) is 27.9 Å². The van der Waals surface area contributed by atoms with Crippen molar-refractivity contribution in [3.05, 3.63) is 135 Å². The Labute approximate surface area is 213 Å². The van der Waals surface area contributed by atoms with Gasteiger partial charge in [0.15, 0.2) is 5.60 Å². The predicted octanol–water partition coefficient (Wildman–Crippen LogP) is 5.96. The topological polar surface area (TPSA) is 70.9 Å². The van der Waals surface area contributed by atoms with Crippen molar-refractivity contribution in [2.45, 2.75) is 12.2 Å². The molecule has 2 N–H and O–H groups in total. The summed E-state index contributed by atoms with van der Waals surface area (Å²) in [4.78, 5) is 13.1. The first kappa shape index (κ1) is 24.5.